The smallest absolute Gasteiger partial charge is 0.103 e. The second-order valence-electron chi connectivity index (χ2n) is 2.75. The van der Waals surface area contributed by atoms with Gasteiger partial charge in [0.1, 0.15) is 6.17 Å². The van der Waals surface area contributed by atoms with Gasteiger partial charge in [0.2, 0.25) is 0 Å². The maximum atomic E-state index is 5.72. The zero-order chi connectivity index (χ0) is 8.43. The summed E-state index contributed by atoms with van der Waals surface area (Å²) in [6, 6.07) is 0. The van der Waals surface area contributed by atoms with Gasteiger partial charge in [0.15, 0.2) is 0 Å². The van der Waals surface area contributed by atoms with E-state index < -0.39 is 0 Å². The Morgan fingerprint density at radius 1 is 1.64 bits per heavy atom. The lowest BCUT2D eigenvalue weighted by Crippen LogP contribution is -2.43. The molecule has 0 radical (unpaired) electrons. The predicted molar refractivity (Wildman–Crippen MR) is 46.1 cm³/mol. The highest BCUT2D eigenvalue weighted by Crippen LogP contribution is 2.15. The third-order valence-electron chi connectivity index (χ3n) is 1.95. The van der Waals surface area contributed by atoms with Crippen molar-refractivity contribution < 1.29 is 0 Å². The molecule has 3 nitrogen and oxygen atoms in total. The second kappa shape index (κ2) is 2.96. The minimum absolute atomic E-state index is 0.0613. The lowest BCUT2D eigenvalue weighted by molar-refractivity contribution is 0.171. The summed E-state index contributed by atoms with van der Waals surface area (Å²) in [6.45, 7) is 7.75. The van der Waals surface area contributed by atoms with Gasteiger partial charge in [0.05, 0.1) is 6.17 Å². The van der Waals surface area contributed by atoms with E-state index >= 15 is 0 Å². The Labute approximate surface area is 67.8 Å². The summed E-state index contributed by atoms with van der Waals surface area (Å²) in [5.41, 5.74) is 5.72. The Hall–Kier alpha value is -0.960. The van der Waals surface area contributed by atoms with Crippen LogP contribution in [0.1, 0.15) is 13.8 Å². The first-order chi connectivity index (χ1) is 5.16. The first-order valence-electron chi connectivity index (χ1n) is 3.78. The lowest BCUT2D eigenvalue weighted by Gasteiger charge is -2.30. The van der Waals surface area contributed by atoms with E-state index in [1.807, 2.05) is 24.2 Å². The summed E-state index contributed by atoms with van der Waals surface area (Å²) in [6.07, 6.45) is 6.11. The van der Waals surface area contributed by atoms with Gasteiger partial charge >= 0.3 is 0 Å². The van der Waals surface area contributed by atoms with Gasteiger partial charge in [-0.15, -0.1) is 0 Å². The van der Waals surface area contributed by atoms with Crippen LogP contribution in [-0.4, -0.2) is 22.1 Å². The van der Waals surface area contributed by atoms with Crippen molar-refractivity contribution in [2.45, 2.75) is 26.2 Å². The SMILES string of the molecule is C=CN1C=CN(C(C)N)C1C. The number of nitrogens with two attached hydrogens (primary N) is 1. The van der Waals surface area contributed by atoms with Crippen molar-refractivity contribution in [3.05, 3.63) is 25.2 Å². The van der Waals surface area contributed by atoms with Crippen molar-refractivity contribution >= 4 is 0 Å². The van der Waals surface area contributed by atoms with Crippen LogP contribution >= 0.6 is 0 Å². The van der Waals surface area contributed by atoms with Crippen molar-refractivity contribution in [3.63, 3.8) is 0 Å². The highest BCUT2D eigenvalue weighted by molar-refractivity contribution is 5.00. The molecule has 2 unspecified atom stereocenters. The van der Waals surface area contributed by atoms with Crippen molar-refractivity contribution in [1.82, 2.24) is 9.80 Å². The third-order valence-corrected chi connectivity index (χ3v) is 1.95. The van der Waals surface area contributed by atoms with E-state index in [1.54, 1.807) is 6.20 Å². The lowest BCUT2D eigenvalue weighted by atomic mass is 10.4. The average molecular weight is 153 g/mol. The molecule has 1 heterocycles. The maximum absolute atomic E-state index is 5.72. The highest BCUT2D eigenvalue weighted by Gasteiger charge is 2.21. The molecule has 0 aliphatic carbocycles. The Morgan fingerprint density at radius 3 is 2.55 bits per heavy atom. The Morgan fingerprint density at radius 2 is 2.27 bits per heavy atom. The third kappa shape index (κ3) is 1.38. The molecule has 0 aromatic rings. The van der Waals surface area contributed by atoms with E-state index in [1.165, 1.54) is 0 Å². The van der Waals surface area contributed by atoms with E-state index in [9.17, 15) is 0 Å². The van der Waals surface area contributed by atoms with Gasteiger partial charge in [-0.25, -0.2) is 0 Å². The Kier molecular flexibility index (Phi) is 2.19. The molecule has 1 aliphatic rings. The van der Waals surface area contributed by atoms with Crippen LogP contribution in [0.5, 0.6) is 0 Å². The molecular formula is C8H15N3. The highest BCUT2D eigenvalue weighted by atomic mass is 15.4. The summed E-state index contributed by atoms with van der Waals surface area (Å²) in [4.78, 5) is 4.09. The van der Waals surface area contributed by atoms with Crippen LogP contribution in [-0.2, 0) is 0 Å². The van der Waals surface area contributed by atoms with Crippen molar-refractivity contribution in [2.24, 2.45) is 5.73 Å². The number of rotatable bonds is 2. The molecule has 0 bridgehead atoms. The molecule has 0 spiro atoms. The van der Waals surface area contributed by atoms with Crippen LogP contribution < -0.4 is 5.73 Å². The van der Waals surface area contributed by atoms with E-state index in [-0.39, 0.29) is 6.17 Å². The zero-order valence-electron chi connectivity index (χ0n) is 7.07. The first kappa shape index (κ1) is 8.14. The quantitative estimate of drug-likeness (QED) is 0.639. The molecular weight excluding hydrogens is 138 g/mol. The van der Waals surface area contributed by atoms with Crippen LogP contribution in [0.3, 0.4) is 0 Å². The van der Waals surface area contributed by atoms with Gasteiger partial charge in [0.25, 0.3) is 0 Å². The Bertz CT molecular complexity index is 174. The molecule has 0 amide bonds. The van der Waals surface area contributed by atoms with E-state index in [4.69, 9.17) is 5.73 Å². The van der Waals surface area contributed by atoms with Crippen LogP contribution in [0.4, 0.5) is 0 Å². The second-order valence-corrected chi connectivity index (χ2v) is 2.75. The fraction of sp³-hybridized carbons (Fsp3) is 0.500. The molecule has 0 saturated heterocycles. The minimum atomic E-state index is 0.0613. The van der Waals surface area contributed by atoms with Gasteiger partial charge in [-0.1, -0.05) is 6.58 Å². The van der Waals surface area contributed by atoms with Crippen LogP contribution in [0.2, 0.25) is 0 Å². The normalized spacial score (nSPS) is 25.9. The standard InChI is InChI=1S/C8H15N3/c1-4-10-5-6-11(7(2)9)8(10)3/h4-8H,1,9H2,2-3H3. The molecule has 1 rings (SSSR count). The van der Waals surface area contributed by atoms with Gasteiger partial charge in [-0.05, 0) is 20.0 Å². The number of hydrogen-bond donors (Lipinski definition) is 1. The molecule has 0 saturated carbocycles. The summed E-state index contributed by atoms with van der Waals surface area (Å²) in [5.74, 6) is 0. The summed E-state index contributed by atoms with van der Waals surface area (Å²) < 4.78 is 0. The largest absolute Gasteiger partial charge is 0.341 e. The van der Waals surface area contributed by atoms with Gasteiger partial charge < -0.3 is 15.5 Å². The van der Waals surface area contributed by atoms with Gasteiger partial charge in [-0.2, -0.15) is 0 Å². The fourth-order valence-corrected chi connectivity index (χ4v) is 1.25. The molecule has 1 aliphatic heterocycles. The van der Waals surface area contributed by atoms with E-state index in [2.05, 4.69) is 18.4 Å². The van der Waals surface area contributed by atoms with Crippen LogP contribution in [0, 0.1) is 0 Å². The van der Waals surface area contributed by atoms with Crippen LogP contribution in [0.25, 0.3) is 0 Å². The molecule has 11 heavy (non-hydrogen) atoms. The van der Waals surface area contributed by atoms with Crippen molar-refractivity contribution in [3.8, 4) is 0 Å². The Balaban J connectivity index is 2.63. The number of hydrogen-bond acceptors (Lipinski definition) is 3. The van der Waals surface area contributed by atoms with E-state index in [0.717, 1.165) is 0 Å². The topological polar surface area (TPSA) is 32.5 Å². The first-order valence-corrected chi connectivity index (χ1v) is 3.78. The zero-order valence-corrected chi connectivity index (χ0v) is 7.07. The van der Waals surface area contributed by atoms with E-state index in [0.29, 0.717) is 6.17 Å². The van der Waals surface area contributed by atoms with Gasteiger partial charge in [-0.3, -0.25) is 0 Å². The van der Waals surface area contributed by atoms with Crippen molar-refractivity contribution in [2.75, 3.05) is 0 Å². The molecule has 0 aromatic heterocycles. The fourth-order valence-electron chi connectivity index (χ4n) is 1.25. The maximum Gasteiger partial charge on any atom is 0.103 e. The molecule has 2 atom stereocenters. The summed E-state index contributed by atoms with van der Waals surface area (Å²) in [7, 11) is 0. The molecule has 2 N–H and O–H groups in total. The summed E-state index contributed by atoms with van der Waals surface area (Å²) >= 11 is 0. The predicted octanol–water partition coefficient (Wildman–Crippen LogP) is 0.869. The summed E-state index contributed by atoms with van der Waals surface area (Å²) in [5, 5.41) is 0. The number of nitrogens with zero attached hydrogens (tertiary/aromatic N) is 2. The molecule has 0 fully saturated rings. The molecule has 3 heteroatoms. The molecule has 62 valence electrons. The van der Waals surface area contributed by atoms with Gasteiger partial charge in [0, 0.05) is 12.4 Å². The van der Waals surface area contributed by atoms with Crippen LogP contribution in [0.15, 0.2) is 25.2 Å². The minimum Gasteiger partial charge on any atom is -0.341 e. The monoisotopic (exact) mass is 153 g/mol. The molecule has 0 aromatic carbocycles. The average Bonchev–Trinajstić information content (AvgIpc) is 2.30. The van der Waals surface area contributed by atoms with Crippen molar-refractivity contribution in [1.29, 1.82) is 0 Å².